The van der Waals surface area contributed by atoms with E-state index in [0.29, 0.717) is 22.6 Å². The van der Waals surface area contributed by atoms with Gasteiger partial charge in [-0.2, -0.15) is 0 Å². The van der Waals surface area contributed by atoms with Crippen LogP contribution in [0.15, 0.2) is 114 Å². The lowest BCUT2D eigenvalue weighted by atomic mass is 10.0. The Balaban J connectivity index is 1.35. The Hall–Kier alpha value is -4.66. The molecule has 0 aliphatic heterocycles. The van der Waals surface area contributed by atoms with Crippen molar-refractivity contribution in [2.75, 3.05) is 5.32 Å². The summed E-state index contributed by atoms with van der Waals surface area (Å²) in [4.78, 5) is 4.25. The Bertz CT molecular complexity index is 1930. The van der Waals surface area contributed by atoms with Gasteiger partial charge in [0.1, 0.15) is 5.69 Å². The zero-order chi connectivity index (χ0) is 26.8. The summed E-state index contributed by atoms with van der Waals surface area (Å²) in [7, 11) is -3.78. The number of aryl methyl sites for hydroxylation is 1. The van der Waals surface area contributed by atoms with E-state index in [0.717, 1.165) is 32.8 Å². The molecule has 0 aliphatic carbocycles. The van der Waals surface area contributed by atoms with Gasteiger partial charge in [-0.25, -0.2) is 13.1 Å². The second-order valence-corrected chi connectivity index (χ2v) is 11.0. The van der Waals surface area contributed by atoms with Crippen LogP contribution in [-0.2, 0) is 16.6 Å². The van der Waals surface area contributed by atoms with Gasteiger partial charge in [-0.3, -0.25) is 4.98 Å². The number of anilines is 2. The Morgan fingerprint density at radius 3 is 2.38 bits per heavy atom. The second-order valence-electron chi connectivity index (χ2n) is 9.30. The number of benzene rings is 4. The minimum Gasteiger partial charge on any atom is -0.338 e. The Labute approximate surface area is 226 Å². The van der Waals surface area contributed by atoms with Crippen molar-refractivity contribution in [3.05, 3.63) is 121 Å². The van der Waals surface area contributed by atoms with E-state index in [1.54, 1.807) is 37.5 Å². The van der Waals surface area contributed by atoms with E-state index in [2.05, 4.69) is 49.5 Å². The summed E-state index contributed by atoms with van der Waals surface area (Å²) in [6.45, 7) is 1.93. The molecule has 7 nitrogen and oxygen atoms in total. The minimum atomic E-state index is -3.78. The summed E-state index contributed by atoms with van der Waals surface area (Å²) in [6.07, 6.45) is 3.29. The highest BCUT2D eigenvalue weighted by molar-refractivity contribution is 7.89. The predicted octanol–water partition coefficient (Wildman–Crippen LogP) is 6.38. The molecule has 0 bridgehead atoms. The number of aromatic nitrogens is 3. The molecular weight excluding hydrogens is 506 g/mol. The standard InChI is InChI=1S/C31H25N5O2S/c1-21-12-13-25(18-29(21)39(37,38)33-20-22-7-6-16-32-19-22)30-27-10-4-5-11-28(27)31(36-35-30)34-26-15-14-23-8-2-3-9-24(23)17-26/h2-19,33H,20H2,1H3,(H,34,36). The number of nitrogens with one attached hydrogen (secondary N) is 2. The molecule has 192 valence electrons. The fourth-order valence-corrected chi connectivity index (χ4v) is 5.90. The van der Waals surface area contributed by atoms with Gasteiger partial charge >= 0.3 is 0 Å². The highest BCUT2D eigenvalue weighted by Gasteiger charge is 2.19. The van der Waals surface area contributed by atoms with Gasteiger partial charge < -0.3 is 5.32 Å². The van der Waals surface area contributed by atoms with Crippen LogP contribution in [0, 0.1) is 6.92 Å². The van der Waals surface area contributed by atoms with Crippen LogP contribution in [0.25, 0.3) is 32.8 Å². The zero-order valence-electron chi connectivity index (χ0n) is 21.2. The number of sulfonamides is 1. The smallest absolute Gasteiger partial charge is 0.241 e. The van der Waals surface area contributed by atoms with Gasteiger partial charge in [-0.15, -0.1) is 10.2 Å². The van der Waals surface area contributed by atoms with Gasteiger partial charge in [0, 0.05) is 41.0 Å². The first-order valence-electron chi connectivity index (χ1n) is 12.5. The number of nitrogens with zero attached hydrogens (tertiary/aromatic N) is 3. The van der Waals surface area contributed by atoms with Crippen LogP contribution in [-0.4, -0.2) is 23.6 Å². The molecule has 0 radical (unpaired) electrons. The van der Waals surface area contributed by atoms with Crippen LogP contribution < -0.4 is 10.0 Å². The monoisotopic (exact) mass is 531 g/mol. The number of pyridine rings is 1. The van der Waals surface area contributed by atoms with Crippen molar-refractivity contribution in [3.63, 3.8) is 0 Å². The molecule has 2 N–H and O–H groups in total. The third-order valence-corrected chi connectivity index (χ3v) is 8.18. The van der Waals surface area contributed by atoms with Gasteiger partial charge in [0.25, 0.3) is 0 Å². The van der Waals surface area contributed by atoms with Crippen molar-refractivity contribution >= 4 is 43.1 Å². The van der Waals surface area contributed by atoms with Gasteiger partial charge in [0.2, 0.25) is 10.0 Å². The lowest BCUT2D eigenvalue weighted by Gasteiger charge is -2.14. The SMILES string of the molecule is Cc1ccc(-c2nnc(Nc3ccc4ccccc4c3)c3ccccc23)cc1S(=O)(=O)NCc1cccnc1. The first-order valence-corrected chi connectivity index (χ1v) is 14.0. The van der Waals surface area contributed by atoms with Gasteiger partial charge in [-0.05, 0) is 53.1 Å². The Kier molecular flexibility index (Phi) is 6.48. The number of hydrogen-bond donors (Lipinski definition) is 2. The lowest BCUT2D eigenvalue weighted by Crippen LogP contribution is -2.24. The van der Waals surface area contributed by atoms with Crippen LogP contribution in [0.5, 0.6) is 0 Å². The van der Waals surface area contributed by atoms with Crippen LogP contribution in [0.2, 0.25) is 0 Å². The molecule has 0 unspecified atom stereocenters. The normalized spacial score (nSPS) is 11.6. The fraction of sp³-hybridized carbons (Fsp3) is 0.0645. The lowest BCUT2D eigenvalue weighted by molar-refractivity contribution is 0.580. The van der Waals surface area contributed by atoms with Crippen molar-refractivity contribution in [2.45, 2.75) is 18.4 Å². The van der Waals surface area contributed by atoms with E-state index in [1.165, 1.54) is 0 Å². The van der Waals surface area contributed by atoms with Crippen molar-refractivity contribution in [2.24, 2.45) is 0 Å². The van der Waals surface area contributed by atoms with E-state index in [9.17, 15) is 8.42 Å². The Morgan fingerprint density at radius 1 is 0.769 bits per heavy atom. The number of hydrogen-bond acceptors (Lipinski definition) is 6. The number of rotatable bonds is 7. The first kappa shape index (κ1) is 24.7. The molecule has 6 rings (SSSR count). The van der Waals surface area contributed by atoms with E-state index in [-0.39, 0.29) is 11.4 Å². The summed E-state index contributed by atoms with van der Waals surface area (Å²) in [5.74, 6) is 0.628. The quantitative estimate of drug-likeness (QED) is 0.248. The molecule has 39 heavy (non-hydrogen) atoms. The molecule has 0 amide bonds. The third kappa shape index (κ3) is 5.07. The molecule has 0 fully saturated rings. The molecule has 0 saturated carbocycles. The molecule has 0 aliphatic rings. The largest absolute Gasteiger partial charge is 0.338 e. The van der Waals surface area contributed by atoms with Crippen LogP contribution in [0.1, 0.15) is 11.1 Å². The fourth-order valence-electron chi connectivity index (χ4n) is 4.61. The average molecular weight is 532 g/mol. The van der Waals surface area contributed by atoms with E-state index >= 15 is 0 Å². The highest BCUT2D eigenvalue weighted by Crippen LogP contribution is 2.33. The summed E-state index contributed by atoms with van der Waals surface area (Å²) < 4.78 is 29.2. The van der Waals surface area contributed by atoms with Crippen molar-refractivity contribution < 1.29 is 8.42 Å². The van der Waals surface area contributed by atoms with Gasteiger partial charge in [-0.1, -0.05) is 72.8 Å². The van der Waals surface area contributed by atoms with E-state index < -0.39 is 10.0 Å². The zero-order valence-corrected chi connectivity index (χ0v) is 22.0. The maximum absolute atomic E-state index is 13.2. The molecular formula is C31H25N5O2S. The predicted molar refractivity (Wildman–Crippen MR) is 155 cm³/mol. The van der Waals surface area contributed by atoms with Gasteiger partial charge in [0.05, 0.1) is 4.90 Å². The molecule has 4 aromatic carbocycles. The van der Waals surface area contributed by atoms with Crippen molar-refractivity contribution in [1.29, 1.82) is 0 Å². The third-order valence-electron chi connectivity index (χ3n) is 6.64. The summed E-state index contributed by atoms with van der Waals surface area (Å²) >= 11 is 0. The first-order chi connectivity index (χ1) is 19.0. The highest BCUT2D eigenvalue weighted by atomic mass is 32.2. The molecule has 0 atom stereocenters. The summed E-state index contributed by atoms with van der Waals surface area (Å²) in [6, 6.07) is 31.1. The molecule has 2 aromatic heterocycles. The molecule has 8 heteroatoms. The molecule has 2 heterocycles. The van der Waals surface area contributed by atoms with Crippen molar-refractivity contribution in [1.82, 2.24) is 19.9 Å². The molecule has 6 aromatic rings. The molecule has 0 saturated heterocycles. The van der Waals surface area contributed by atoms with E-state index in [1.807, 2.05) is 54.6 Å². The minimum absolute atomic E-state index is 0.151. The average Bonchev–Trinajstić information content (AvgIpc) is 2.97. The topological polar surface area (TPSA) is 96.9 Å². The number of fused-ring (bicyclic) bond motifs is 2. The van der Waals surface area contributed by atoms with Crippen LogP contribution in [0.3, 0.4) is 0 Å². The Morgan fingerprint density at radius 2 is 1.56 bits per heavy atom. The molecule has 0 spiro atoms. The van der Waals surface area contributed by atoms with E-state index in [4.69, 9.17) is 0 Å². The summed E-state index contributed by atoms with van der Waals surface area (Å²) in [5, 5.41) is 16.5. The maximum Gasteiger partial charge on any atom is 0.241 e. The van der Waals surface area contributed by atoms with Crippen LogP contribution >= 0.6 is 0 Å². The van der Waals surface area contributed by atoms with Crippen LogP contribution in [0.4, 0.5) is 11.5 Å². The second kappa shape index (κ2) is 10.2. The van der Waals surface area contributed by atoms with Crippen molar-refractivity contribution in [3.8, 4) is 11.3 Å². The van der Waals surface area contributed by atoms with Gasteiger partial charge in [0.15, 0.2) is 5.82 Å². The maximum atomic E-state index is 13.2. The summed E-state index contributed by atoms with van der Waals surface area (Å²) in [5.41, 5.74) is 3.61.